The highest BCUT2D eigenvalue weighted by molar-refractivity contribution is 5.78. The van der Waals surface area contributed by atoms with E-state index >= 15 is 0 Å². The normalized spacial score (nSPS) is 10.1. The van der Waals surface area contributed by atoms with E-state index in [-0.39, 0.29) is 11.7 Å². The van der Waals surface area contributed by atoms with Crippen molar-refractivity contribution in [3.63, 3.8) is 0 Å². The quantitative estimate of drug-likeness (QED) is 0.778. The van der Waals surface area contributed by atoms with Gasteiger partial charge in [-0.3, -0.25) is 9.78 Å². The minimum atomic E-state index is 0.106. The van der Waals surface area contributed by atoms with Crippen molar-refractivity contribution in [1.29, 1.82) is 0 Å². The molecule has 0 radical (unpaired) electrons. The zero-order valence-corrected chi connectivity index (χ0v) is 11.4. The van der Waals surface area contributed by atoms with E-state index in [0.717, 1.165) is 12.0 Å². The highest BCUT2D eigenvalue weighted by Crippen LogP contribution is 2.07. The first-order chi connectivity index (χ1) is 7.70. The van der Waals surface area contributed by atoms with Gasteiger partial charge in [-0.1, -0.05) is 40.7 Å². The molecule has 0 bridgehead atoms. The number of pyridine rings is 1. The summed E-state index contributed by atoms with van der Waals surface area (Å²) in [5.74, 6) is 0.341. The molecule has 1 rings (SSSR count). The van der Waals surface area contributed by atoms with E-state index in [1.807, 2.05) is 46.8 Å². The number of nitrogens with zero attached hydrogens (tertiary/aromatic N) is 1. The lowest BCUT2D eigenvalue weighted by molar-refractivity contribution is -0.120. The largest absolute Gasteiger partial charge is 0.300 e. The van der Waals surface area contributed by atoms with Gasteiger partial charge in [-0.2, -0.15) is 0 Å². The van der Waals surface area contributed by atoms with Crippen molar-refractivity contribution in [2.24, 2.45) is 5.92 Å². The SMILES string of the molecule is CC.CC.CC(=O)C(C)Cc1cccnc1. The zero-order chi connectivity index (χ0) is 13.0. The van der Waals surface area contributed by atoms with Crippen LogP contribution in [0, 0.1) is 5.92 Å². The fourth-order valence-corrected chi connectivity index (χ4v) is 1.02. The molecule has 0 aliphatic heterocycles. The molecule has 0 fully saturated rings. The number of Topliss-reactive ketones (excluding diaryl/α,β-unsaturated/α-hetero) is 1. The zero-order valence-electron chi connectivity index (χ0n) is 11.4. The Bertz CT molecular complexity index is 257. The highest BCUT2D eigenvalue weighted by Gasteiger charge is 2.07. The molecule has 1 atom stereocenters. The average Bonchev–Trinajstić information content (AvgIpc) is 2.35. The molecule has 0 aliphatic carbocycles. The van der Waals surface area contributed by atoms with Crippen molar-refractivity contribution in [2.45, 2.75) is 48.0 Å². The summed E-state index contributed by atoms with van der Waals surface area (Å²) in [6.07, 6.45) is 4.34. The van der Waals surface area contributed by atoms with Crippen LogP contribution in [0.2, 0.25) is 0 Å². The van der Waals surface area contributed by atoms with Gasteiger partial charge in [0.05, 0.1) is 0 Å². The van der Waals surface area contributed by atoms with E-state index in [9.17, 15) is 4.79 Å². The molecule has 0 saturated carbocycles. The Morgan fingerprint density at radius 3 is 2.25 bits per heavy atom. The van der Waals surface area contributed by atoms with Crippen LogP contribution >= 0.6 is 0 Å². The van der Waals surface area contributed by atoms with E-state index in [0.29, 0.717) is 0 Å². The Kier molecular flexibility index (Phi) is 12.8. The van der Waals surface area contributed by atoms with Crippen LogP contribution in [-0.2, 0) is 11.2 Å². The molecule has 0 spiro atoms. The van der Waals surface area contributed by atoms with Gasteiger partial charge < -0.3 is 0 Å². The van der Waals surface area contributed by atoms with Gasteiger partial charge in [0.25, 0.3) is 0 Å². The van der Waals surface area contributed by atoms with E-state index in [1.165, 1.54) is 0 Å². The van der Waals surface area contributed by atoms with Crippen LogP contribution in [0.4, 0.5) is 0 Å². The van der Waals surface area contributed by atoms with E-state index in [2.05, 4.69) is 4.98 Å². The Morgan fingerprint density at radius 2 is 1.88 bits per heavy atom. The first kappa shape index (κ1) is 17.2. The predicted octanol–water partition coefficient (Wildman–Crippen LogP) is 3.90. The summed E-state index contributed by atoms with van der Waals surface area (Å²) in [5, 5.41) is 0. The van der Waals surface area contributed by atoms with Crippen LogP contribution < -0.4 is 0 Å². The summed E-state index contributed by atoms with van der Waals surface area (Å²) < 4.78 is 0. The van der Waals surface area contributed by atoms with Crippen molar-refractivity contribution >= 4 is 5.78 Å². The number of aromatic nitrogens is 1. The Labute approximate surface area is 100 Å². The molecule has 0 aliphatic rings. The topological polar surface area (TPSA) is 30.0 Å². The Morgan fingerprint density at radius 1 is 1.31 bits per heavy atom. The molecule has 0 amide bonds. The molecule has 1 aromatic heterocycles. The van der Waals surface area contributed by atoms with Crippen LogP contribution in [0.15, 0.2) is 24.5 Å². The van der Waals surface area contributed by atoms with Crippen molar-refractivity contribution in [1.82, 2.24) is 4.98 Å². The van der Waals surface area contributed by atoms with Gasteiger partial charge in [0.1, 0.15) is 5.78 Å². The number of hydrogen-bond acceptors (Lipinski definition) is 2. The first-order valence-corrected chi connectivity index (χ1v) is 6.09. The van der Waals surface area contributed by atoms with Gasteiger partial charge in [-0.25, -0.2) is 0 Å². The smallest absolute Gasteiger partial charge is 0.132 e. The van der Waals surface area contributed by atoms with Crippen LogP contribution in [0.25, 0.3) is 0 Å². The predicted molar refractivity (Wildman–Crippen MR) is 70.5 cm³/mol. The molecule has 0 N–H and O–H groups in total. The van der Waals surface area contributed by atoms with Gasteiger partial charge in [0.2, 0.25) is 0 Å². The van der Waals surface area contributed by atoms with Crippen LogP contribution in [0.5, 0.6) is 0 Å². The molecule has 92 valence electrons. The van der Waals surface area contributed by atoms with E-state index < -0.39 is 0 Å². The number of carbonyl (C=O) groups is 1. The molecule has 0 saturated heterocycles. The lowest BCUT2D eigenvalue weighted by Gasteiger charge is -2.05. The molecule has 16 heavy (non-hydrogen) atoms. The monoisotopic (exact) mass is 223 g/mol. The number of hydrogen-bond donors (Lipinski definition) is 0. The van der Waals surface area contributed by atoms with Crippen molar-refractivity contribution < 1.29 is 4.79 Å². The summed E-state index contributed by atoms with van der Waals surface area (Å²) in [6, 6.07) is 3.88. The summed E-state index contributed by atoms with van der Waals surface area (Å²) in [5.41, 5.74) is 1.13. The van der Waals surface area contributed by atoms with Gasteiger partial charge in [0.15, 0.2) is 0 Å². The third-order valence-electron chi connectivity index (χ3n) is 1.96. The second-order valence-corrected chi connectivity index (χ2v) is 3.08. The molecule has 1 heterocycles. The molecule has 1 unspecified atom stereocenters. The van der Waals surface area contributed by atoms with E-state index in [4.69, 9.17) is 0 Å². The maximum atomic E-state index is 10.9. The van der Waals surface area contributed by atoms with Crippen molar-refractivity contribution in [2.75, 3.05) is 0 Å². The number of rotatable bonds is 3. The summed E-state index contributed by atoms with van der Waals surface area (Å²) in [7, 11) is 0. The average molecular weight is 223 g/mol. The second-order valence-electron chi connectivity index (χ2n) is 3.08. The summed E-state index contributed by atoms with van der Waals surface area (Å²) in [6.45, 7) is 11.6. The second kappa shape index (κ2) is 11.9. The lowest BCUT2D eigenvalue weighted by atomic mass is 9.99. The Balaban J connectivity index is 0. The third-order valence-corrected chi connectivity index (χ3v) is 1.96. The minimum Gasteiger partial charge on any atom is -0.300 e. The third kappa shape index (κ3) is 8.16. The van der Waals surface area contributed by atoms with Crippen molar-refractivity contribution in [3.05, 3.63) is 30.1 Å². The molecule has 2 nitrogen and oxygen atoms in total. The van der Waals surface area contributed by atoms with Gasteiger partial charge in [-0.15, -0.1) is 0 Å². The molecular weight excluding hydrogens is 198 g/mol. The molecule has 2 heteroatoms. The molecule has 0 aromatic carbocycles. The van der Waals surface area contributed by atoms with Crippen LogP contribution in [0.3, 0.4) is 0 Å². The van der Waals surface area contributed by atoms with Gasteiger partial charge in [-0.05, 0) is 25.0 Å². The maximum Gasteiger partial charge on any atom is 0.132 e. The minimum absolute atomic E-state index is 0.106. The Hall–Kier alpha value is -1.18. The standard InChI is InChI=1S/C10H13NO.2C2H6/c1-8(9(2)12)6-10-4-3-5-11-7-10;2*1-2/h3-5,7-8H,6H2,1-2H3;2*1-2H3. The number of carbonyl (C=O) groups excluding carboxylic acids is 1. The van der Waals surface area contributed by atoms with Gasteiger partial charge in [0, 0.05) is 18.3 Å². The first-order valence-electron chi connectivity index (χ1n) is 6.09. The fraction of sp³-hybridized carbons (Fsp3) is 0.571. The summed E-state index contributed by atoms with van der Waals surface area (Å²) in [4.78, 5) is 14.9. The van der Waals surface area contributed by atoms with Crippen LogP contribution in [-0.4, -0.2) is 10.8 Å². The van der Waals surface area contributed by atoms with E-state index in [1.54, 1.807) is 19.3 Å². The highest BCUT2D eigenvalue weighted by atomic mass is 16.1. The summed E-state index contributed by atoms with van der Waals surface area (Å²) >= 11 is 0. The van der Waals surface area contributed by atoms with Gasteiger partial charge >= 0.3 is 0 Å². The molecule has 1 aromatic rings. The lowest BCUT2D eigenvalue weighted by Crippen LogP contribution is -2.09. The number of ketones is 1. The maximum absolute atomic E-state index is 10.9. The fourth-order valence-electron chi connectivity index (χ4n) is 1.02. The van der Waals surface area contributed by atoms with Crippen LogP contribution in [0.1, 0.15) is 47.1 Å². The molecular formula is C14H25NO. The van der Waals surface area contributed by atoms with Crippen molar-refractivity contribution in [3.8, 4) is 0 Å².